The van der Waals surface area contributed by atoms with Crippen LogP contribution in [0.4, 0.5) is 0 Å². The van der Waals surface area contributed by atoms with Crippen LogP contribution in [0.2, 0.25) is 0 Å². The monoisotopic (exact) mass is 245 g/mol. The summed E-state index contributed by atoms with van der Waals surface area (Å²) in [7, 11) is 0. The maximum atomic E-state index is 11.7. The zero-order chi connectivity index (χ0) is 13.0. The van der Waals surface area contributed by atoms with Crippen molar-refractivity contribution in [2.75, 3.05) is 6.61 Å². The molecule has 2 aromatic heterocycles. The van der Waals surface area contributed by atoms with Gasteiger partial charge in [-0.25, -0.2) is 4.98 Å². The van der Waals surface area contributed by atoms with Gasteiger partial charge in [0.2, 0.25) is 0 Å². The molecule has 0 saturated carbocycles. The Labute approximate surface area is 105 Å². The second-order valence-corrected chi connectivity index (χ2v) is 3.75. The Morgan fingerprint density at radius 3 is 2.89 bits per heavy atom. The van der Waals surface area contributed by atoms with Gasteiger partial charge in [-0.15, -0.1) is 0 Å². The van der Waals surface area contributed by atoms with Crippen molar-refractivity contribution >= 4 is 0 Å². The second-order valence-electron chi connectivity index (χ2n) is 3.75. The van der Waals surface area contributed by atoms with Crippen molar-refractivity contribution in [1.82, 2.24) is 15.0 Å². The van der Waals surface area contributed by atoms with Crippen LogP contribution in [0.3, 0.4) is 0 Å². The van der Waals surface area contributed by atoms with Crippen molar-refractivity contribution in [3.8, 4) is 17.0 Å². The van der Waals surface area contributed by atoms with Gasteiger partial charge in [0.15, 0.2) is 0 Å². The third-order valence-corrected chi connectivity index (χ3v) is 2.60. The van der Waals surface area contributed by atoms with Crippen molar-refractivity contribution < 1.29 is 4.74 Å². The molecule has 0 aromatic carbocycles. The van der Waals surface area contributed by atoms with Gasteiger partial charge in [-0.1, -0.05) is 6.92 Å². The third kappa shape index (κ3) is 2.40. The predicted molar refractivity (Wildman–Crippen MR) is 68.6 cm³/mol. The molecule has 0 unspecified atom stereocenters. The maximum absolute atomic E-state index is 11.7. The summed E-state index contributed by atoms with van der Waals surface area (Å²) in [5, 5.41) is 0. The molecule has 0 aliphatic heterocycles. The normalized spacial score (nSPS) is 10.3. The average molecular weight is 245 g/mol. The minimum absolute atomic E-state index is 0.107. The molecule has 0 aliphatic carbocycles. The number of rotatable bonds is 4. The number of nitrogens with zero attached hydrogens (tertiary/aromatic N) is 2. The van der Waals surface area contributed by atoms with Gasteiger partial charge in [0.1, 0.15) is 5.75 Å². The Hall–Kier alpha value is -2.17. The van der Waals surface area contributed by atoms with Crippen LogP contribution in [0, 0.1) is 0 Å². The average Bonchev–Trinajstić information content (AvgIpc) is 2.39. The minimum Gasteiger partial charge on any atom is -0.492 e. The summed E-state index contributed by atoms with van der Waals surface area (Å²) in [6.45, 7) is 4.42. The van der Waals surface area contributed by atoms with E-state index < -0.39 is 0 Å². The van der Waals surface area contributed by atoms with Crippen LogP contribution >= 0.6 is 0 Å². The fourth-order valence-electron chi connectivity index (χ4n) is 1.80. The van der Waals surface area contributed by atoms with Crippen molar-refractivity contribution in [1.29, 1.82) is 0 Å². The van der Waals surface area contributed by atoms with Gasteiger partial charge in [0.25, 0.3) is 5.56 Å². The van der Waals surface area contributed by atoms with Crippen molar-refractivity contribution in [2.24, 2.45) is 0 Å². The number of aromatic amines is 1. The highest BCUT2D eigenvalue weighted by molar-refractivity contribution is 5.62. The molecule has 0 atom stereocenters. The van der Waals surface area contributed by atoms with Crippen molar-refractivity contribution in [2.45, 2.75) is 20.3 Å². The summed E-state index contributed by atoms with van der Waals surface area (Å²) in [6.07, 6.45) is 5.36. The van der Waals surface area contributed by atoms with E-state index in [1.54, 1.807) is 12.4 Å². The molecular weight excluding hydrogens is 230 g/mol. The number of aromatic nitrogens is 3. The minimum atomic E-state index is -0.107. The Morgan fingerprint density at radius 1 is 1.33 bits per heavy atom. The molecule has 0 amide bonds. The quantitative estimate of drug-likeness (QED) is 0.891. The standard InChI is InChI=1S/C13H15N3O2/c1-3-11-12(15-8-16-13(11)17)9-5-10(18-4-2)7-14-6-9/h5-8H,3-4H2,1-2H3,(H,15,16,17). The fourth-order valence-corrected chi connectivity index (χ4v) is 1.80. The molecule has 0 saturated heterocycles. The first-order chi connectivity index (χ1) is 8.76. The predicted octanol–water partition coefficient (Wildman–Crippen LogP) is 1.79. The molecule has 0 radical (unpaired) electrons. The lowest BCUT2D eigenvalue weighted by Gasteiger charge is -2.07. The van der Waals surface area contributed by atoms with Crippen LogP contribution in [0.25, 0.3) is 11.3 Å². The third-order valence-electron chi connectivity index (χ3n) is 2.60. The lowest BCUT2D eigenvalue weighted by molar-refractivity contribution is 0.339. The largest absolute Gasteiger partial charge is 0.492 e. The number of nitrogens with one attached hydrogen (secondary N) is 1. The Kier molecular flexibility index (Phi) is 3.72. The van der Waals surface area contributed by atoms with E-state index >= 15 is 0 Å². The first kappa shape index (κ1) is 12.3. The van der Waals surface area contributed by atoms with Crippen molar-refractivity contribution in [3.63, 3.8) is 0 Å². The highest BCUT2D eigenvalue weighted by Gasteiger charge is 2.10. The summed E-state index contributed by atoms with van der Waals surface area (Å²) in [5.74, 6) is 0.680. The van der Waals surface area contributed by atoms with Gasteiger partial charge in [-0.05, 0) is 19.4 Å². The van der Waals surface area contributed by atoms with Gasteiger partial charge < -0.3 is 9.72 Å². The summed E-state index contributed by atoms with van der Waals surface area (Å²) < 4.78 is 5.40. The maximum Gasteiger partial charge on any atom is 0.254 e. The SMILES string of the molecule is CCOc1cncc(-c2nc[nH]c(=O)c2CC)c1. The molecule has 0 fully saturated rings. The Morgan fingerprint density at radius 2 is 2.17 bits per heavy atom. The van der Waals surface area contributed by atoms with Crippen LogP contribution in [0.1, 0.15) is 19.4 Å². The molecule has 2 rings (SSSR count). The fraction of sp³-hybridized carbons (Fsp3) is 0.308. The van der Waals surface area contributed by atoms with Gasteiger partial charge in [-0.2, -0.15) is 0 Å². The lowest BCUT2D eigenvalue weighted by atomic mass is 10.1. The molecule has 94 valence electrons. The first-order valence-electron chi connectivity index (χ1n) is 5.91. The van der Waals surface area contributed by atoms with Crippen LogP contribution in [0.15, 0.2) is 29.6 Å². The molecule has 0 spiro atoms. The van der Waals surface area contributed by atoms with E-state index in [0.29, 0.717) is 30.0 Å². The number of pyridine rings is 1. The van der Waals surface area contributed by atoms with Crippen LogP contribution in [-0.4, -0.2) is 21.6 Å². The molecule has 18 heavy (non-hydrogen) atoms. The Bertz CT molecular complexity index is 593. The first-order valence-corrected chi connectivity index (χ1v) is 5.91. The second kappa shape index (κ2) is 5.44. The van der Waals surface area contributed by atoms with E-state index in [2.05, 4.69) is 15.0 Å². The van der Waals surface area contributed by atoms with Gasteiger partial charge >= 0.3 is 0 Å². The van der Waals surface area contributed by atoms with Gasteiger partial charge in [0, 0.05) is 17.3 Å². The molecule has 5 nitrogen and oxygen atoms in total. The molecule has 5 heteroatoms. The van der Waals surface area contributed by atoms with Gasteiger partial charge in [-0.3, -0.25) is 9.78 Å². The molecule has 0 bridgehead atoms. The van der Waals surface area contributed by atoms with E-state index in [4.69, 9.17) is 4.74 Å². The number of H-pyrrole nitrogens is 1. The zero-order valence-electron chi connectivity index (χ0n) is 10.4. The smallest absolute Gasteiger partial charge is 0.254 e. The summed E-state index contributed by atoms with van der Waals surface area (Å²) >= 11 is 0. The highest BCUT2D eigenvalue weighted by atomic mass is 16.5. The lowest BCUT2D eigenvalue weighted by Crippen LogP contribution is -2.14. The summed E-state index contributed by atoms with van der Waals surface area (Å²) in [4.78, 5) is 22.6. The van der Waals surface area contributed by atoms with E-state index in [0.717, 1.165) is 5.56 Å². The van der Waals surface area contributed by atoms with Crippen LogP contribution in [-0.2, 0) is 6.42 Å². The Balaban J connectivity index is 2.51. The highest BCUT2D eigenvalue weighted by Crippen LogP contribution is 2.22. The summed E-state index contributed by atoms with van der Waals surface area (Å²) in [6, 6.07) is 1.84. The molecule has 1 N–H and O–H groups in total. The molecule has 0 aliphatic rings. The van der Waals surface area contributed by atoms with Gasteiger partial charge in [0.05, 0.1) is 24.8 Å². The summed E-state index contributed by atoms with van der Waals surface area (Å²) in [5.41, 5.74) is 2.01. The molecule has 2 aromatic rings. The number of hydrogen-bond donors (Lipinski definition) is 1. The number of hydrogen-bond acceptors (Lipinski definition) is 4. The number of ether oxygens (including phenoxy) is 1. The van der Waals surface area contributed by atoms with E-state index in [1.165, 1.54) is 6.33 Å². The molecule has 2 heterocycles. The molecular formula is C13H15N3O2. The topological polar surface area (TPSA) is 67.9 Å². The zero-order valence-corrected chi connectivity index (χ0v) is 10.4. The van der Waals surface area contributed by atoms with E-state index in [-0.39, 0.29) is 5.56 Å². The van der Waals surface area contributed by atoms with Crippen molar-refractivity contribution in [3.05, 3.63) is 40.7 Å². The van der Waals surface area contributed by atoms with E-state index in [9.17, 15) is 4.79 Å². The van der Waals surface area contributed by atoms with Crippen LogP contribution in [0.5, 0.6) is 5.75 Å². The van der Waals surface area contributed by atoms with Crippen LogP contribution < -0.4 is 10.3 Å². The van der Waals surface area contributed by atoms with E-state index in [1.807, 2.05) is 19.9 Å².